The van der Waals surface area contributed by atoms with Crippen LogP contribution in [-0.2, 0) is 0 Å². The number of rotatable bonds is 3. The minimum absolute atomic E-state index is 0.146. The summed E-state index contributed by atoms with van der Waals surface area (Å²) in [5.41, 5.74) is 9.66. The molecule has 0 spiro atoms. The molecule has 96 valence electrons. The van der Waals surface area contributed by atoms with Crippen molar-refractivity contribution in [1.29, 1.82) is 0 Å². The van der Waals surface area contributed by atoms with Gasteiger partial charge in [0.05, 0.1) is 23.4 Å². The maximum Gasteiger partial charge on any atom is 0.0954 e. The number of fused-ring (bicyclic) bond motifs is 1. The third-order valence-electron chi connectivity index (χ3n) is 3.19. The number of nitrogens with two attached hydrogens (primary N) is 1. The van der Waals surface area contributed by atoms with Crippen molar-refractivity contribution in [3.05, 3.63) is 48.4 Å². The molecule has 2 aromatic heterocycles. The first-order valence-electron chi connectivity index (χ1n) is 6.14. The van der Waals surface area contributed by atoms with Crippen molar-refractivity contribution >= 4 is 22.3 Å². The van der Waals surface area contributed by atoms with Crippen LogP contribution >= 0.6 is 0 Å². The van der Waals surface area contributed by atoms with E-state index < -0.39 is 0 Å². The summed E-state index contributed by atoms with van der Waals surface area (Å²) in [6.07, 6.45) is 5.46. The number of benzene rings is 1. The minimum Gasteiger partial charge on any atom is -0.398 e. The van der Waals surface area contributed by atoms with Crippen LogP contribution in [0.25, 0.3) is 10.9 Å². The zero-order valence-corrected chi connectivity index (χ0v) is 10.6. The highest BCUT2D eigenvalue weighted by Crippen LogP contribution is 2.28. The molecule has 0 radical (unpaired) electrons. The molecule has 0 aliphatic carbocycles. The molecule has 3 rings (SSSR count). The van der Waals surface area contributed by atoms with E-state index in [0.717, 1.165) is 27.8 Å². The van der Waals surface area contributed by atoms with E-state index >= 15 is 0 Å². The number of nitrogens with one attached hydrogen (secondary N) is 2. The lowest BCUT2D eigenvalue weighted by molar-refractivity contribution is 0.887. The predicted octanol–water partition coefficient (Wildman–Crippen LogP) is 2.71. The third-order valence-corrected chi connectivity index (χ3v) is 3.19. The average Bonchev–Trinajstić information content (AvgIpc) is 2.96. The number of nitrogen functional groups attached to an aromatic ring is 1. The minimum atomic E-state index is 0.146. The van der Waals surface area contributed by atoms with Crippen molar-refractivity contribution in [2.75, 3.05) is 11.1 Å². The van der Waals surface area contributed by atoms with Crippen LogP contribution in [-0.4, -0.2) is 15.2 Å². The molecule has 5 heteroatoms. The second-order valence-electron chi connectivity index (χ2n) is 4.50. The van der Waals surface area contributed by atoms with Crippen LogP contribution in [0.4, 0.5) is 11.4 Å². The fourth-order valence-electron chi connectivity index (χ4n) is 2.13. The number of nitrogens with zero attached hydrogens (tertiary/aromatic N) is 2. The summed E-state index contributed by atoms with van der Waals surface area (Å²) < 4.78 is 0. The van der Waals surface area contributed by atoms with Crippen LogP contribution in [0, 0.1) is 0 Å². The van der Waals surface area contributed by atoms with Crippen molar-refractivity contribution < 1.29 is 0 Å². The molecule has 0 bridgehead atoms. The van der Waals surface area contributed by atoms with Gasteiger partial charge in [0.2, 0.25) is 0 Å². The van der Waals surface area contributed by atoms with E-state index in [1.54, 1.807) is 6.20 Å². The van der Waals surface area contributed by atoms with Gasteiger partial charge < -0.3 is 11.1 Å². The van der Waals surface area contributed by atoms with Crippen molar-refractivity contribution in [2.45, 2.75) is 13.0 Å². The Labute approximate surface area is 110 Å². The van der Waals surface area contributed by atoms with E-state index in [-0.39, 0.29) is 6.04 Å². The molecular weight excluding hydrogens is 238 g/mol. The Morgan fingerprint density at radius 1 is 1.32 bits per heavy atom. The lowest BCUT2D eigenvalue weighted by Gasteiger charge is -2.15. The molecule has 4 N–H and O–H groups in total. The Morgan fingerprint density at radius 2 is 2.21 bits per heavy atom. The van der Waals surface area contributed by atoms with Crippen molar-refractivity contribution in [2.24, 2.45) is 0 Å². The van der Waals surface area contributed by atoms with Crippen LogP contribution in [0.5, 0.6) is 0 Å². The smallest absolute Gasteiger partial charge is 0.0954 e. The lowest BCUT2D eigenvalue weighted by Crippen LogP contribution is -2.06. The number of aromatic nitrogens is 3. The van der Waals surface area contributed by atoms with Crippen LogP contribution < -0.4 is 11.1 Å². The first-order valence-corrected chi connectivity index (χ1v) is 6.14. The van der Waals surface area contributed by atoms with Crippen LogP contribution in [0.2, 0.25) is 0 Å². The number of H-pyrrole nitrogens is 1. The van der Waals surface area contributed by atoms with E-state index in [1.807, 2.05) is 36.7 Å². The zero-order valence-electron chi connectivity index (χ0n) is 10.6. The fraction of sp³-hybridized carbons (Fsp3) is 0.143. The number of pyridine rings is 1. The summed E-state index contributed by atoms with van der Waals surface area (Å²) in [6.45, 7) is 2.08. The molecule has 5 nitrogen and oxygen atoms in total. The summed E-state index contributed by atoms with van der Waals surface area (Å²) in [4.78, 5) is 4.41. The highest BCUT2D eigenvalue weighted by atomic mass is 15.1. The summed E-state index contributed by atoms with van der Waals surface area (Å²) in [5.74, 6) is 0. The maximum absolute atomic E-state index is 5.97. The van der Waals surface area contributed by atoms with E-state index in [4.69, 9.17) is 5.73 Å². The molecule has 2 heterocycles. The molecule has 1 aromatic carbocycles. The van der Waals surface area contributed by atoms with Gasteiger partial charge in [-0.2, -0.15) is 5.10 Å². The Balaban J connectivity index is 2.00. The Morgan fingerprint density at radius 3 is 3.00 bits per heavy atom. The van der Waals surface area contributed by atoms with Gasteiger partial charge in [0.25, 0.3) is 0 Å². The summed E-state index contributed by atoms with van der Waals surface area (Å²) >= 11 is 0. The summed E-state index contributed by atoms with van der Waals surface area (Å²) in [6, 6.07) is 7.87. The number of hydrogen-bond donors (Lipinski definition) is 3. The monoisotopic (exact) mass is 253 g/mol. The molecule has 1 unspecified atom stereocenters. The van der Waals surface area contributed by atoms with Crippen molar-refractivity contribution in [3.8, 4) is 0 Å². The summed E-state index contributed by atoms with van der Waals surface area (Å²) in [7, 11) is 0. The first kappa shape index (κ1) is 11.5. The molecule has 0 saturated carbocycles. The van der Waals surface area contributed by atoms with Crippen LogP contribution in [0.3, 0.4) is 0 Å². The molecule has 19 heavy (non-hydrogen) atoms. The SMILES string of the molecule is CC(Nc1ccc(N)c2cccnc12)c1cn[nH]c1. The molecule has 0 amide bonds. The molecule has 3 aromatic rings. The second-order valence-corrected chi connectivity index (χ2v) is 4.50. The highest BCUT2D eigenvalue weighted by Gasteiger charge is 2.10. The number of anilines is 2. The van der Waals surface area contributed by atoms with Crippen LogP contribution in [0.15, 0.2) is 42.9 Å². The van der Waals surface area contributed by atoms with Gasteiger partial charge in [-0.25, -0.2) is 0 Å². The lowest BCUT2D eigenvalue weighted by atomic mass is 10.1. The molecule has 0 aliphatic heterocycles. The van der Waals surface area contributed by atoms with Gasteiger partial charge in [0.1, 0.15) is 0 Å². The Bertz CT molecular complexity index is 690. The zero-order chi connectivity index (χ0) is 13.2. The number of hydrogen-bond acceptors (Lipinski definition) is 4. The van der Waals surface area contributed by atoms with Gasteiger partial charge in [0.15, 0.2) is 0 Å². The predicted molar refractivity (Wildman–Crippen MR) is 76.8 cm³/mol. The van der Waals surface area contributed by atoms with E-state index in [0.29, 0.717) is 0 Å². The normalized spacial score (nSPS) is 12.5. The van der Waals surface area contributed by atoms with E-state index in [9.17, 15) is 0 Å². The Hall–Kier alpha value is -2.56. The fourth-order valence-corrected chi connectivity index (χ4v) is 2.13. The van der Waals surface area contributed by atoms with Gasteiger partial charge in [-0.3, -0.25) is 10.1 Å². The van der Waals surface area contributed by atoms with E-state index in [2.05, 4.69) is 27.4 Å². The summed E-state index contributed by atoms with van der Waals surface area (Å²) in [5, 5.41) is 11.2. The van der Waals surface area contributed by atoms with Gasteiger partial charge in [-0.05, 0) is 31.2 Å². The maximum atomic E-state index is 5.97. The second kappa shape index (κ2) is 4.61. The Kier molecular flexibility index (Phi) is 2.79. The molecule has 1 atom stereocenters. The topological polar surface area (TPSA) is 79.6 Å². The van der Waals surface area contributed by atoms with Gasteiger partial charge in [0, 0.05) is 29.0 Å². The van der Waals surface area contributed by atoms with Gasteiger partial charge in [-0.15, -0.1) is 0 Å². The molecule has 0 aliphatic rings. The van der Waals surface area contributed by atoms with Crippen molar-refractivity contribution in [1.82, 2.24) is 15.2 Å². The van der Waals surface area contributed by atoms with Crippen LogP contribution in [0.1, 0.15) is 18.5 Å². The molecule has 0 fully saturated rings. The molecule has 0 saturated heterocycles. The first-order chi connectivity index (χ1) is 9.25. The number of aromatic amines is 1. The quantitative estimate of drug-likeness (QED) is 0.627. The average molecular weight is 253 g/mol. The van der Waals surface area contributed by atoms with Gasteiger partial charge >= 0.3 is 0 Å². The van der Waals surface area contributed by atoms with Gasteiger partial charge in [-0.1, -0.05) is 0 Å². The van der Waals surface area contributed by atoms with E-state index in [1.165, 1.54) is 0 Å². The highest BCUT2D eigenvalue weighted by molar-refractivity contribution is 5.98. The van der Waals surface area contributed by atoms with Crippen molar-refractivity contribution in [3.63, 3.8) is 0 Å². The third kappa shape index (κ3) is 2.10. The molecular formula is C14H15N5. The largest absolute Gasteiger partial charge is 0.398 e. The standard InChI is InChI=1S/C14H15N5/c1-9(10-7-17-18-8-10)19-13-5-4-12(15)11-3-2-6-16-14(11)13/h2-9,19H,15H2,1H3,(H,17,18).